The molecule has 2 aromatic carbocycles. The summed E-state index contributed by atoms with van der Waals surface area (Å²) in [6.07, 6.45) is 1.75. The SMILES string of the molecule is CC[C@H](C(=O)NC(C)C)N(Cc1ccc(Cl)cc1Cl)C(=O)CCCN(c1ccc2c(c1)OCO2)S(C)(=O)=O. The number of hydrogen-bond acceptors (Lipinski definition) is 6. The molecule has 2 amide bonds. The standard InChI is InChI=1S/C26H33Cl2N3O6S/c1-5-22(26(33)29-17(2)3)30(15-18-8-9-19(27)13-21(18)28)25(32)7-6-12-31(38(4,34)35)20-10-11-23-24(14-20)37-16-36-23/h8-11,13-14,17,22H,5-7,12,15-16H2,1-4H3,(H,29,33)/t22-/m1/s1. The van der Waals surface area contributed by atoms with Crippen molar-refractivity contribution in [1.29, 1.82) is 0 Å². The number of amides is 2. The maximum absolute atomic E-state index is 13.5. The second-order valence-corrected chi connectivity index (χ2v) is 12.1. The lowest BCUT2D eigenvalue weighted by molar-refractivity contribution is -0.141. The highest BCUT2D eigenvalue weighted by molar-refractivity contribution is 7.92. The van der Waals surface area contributed by atoms with Crippen molar-refractivity contribution in [2.75, 3.05) is 23.9 Å². The number of anilines is 1. The lowest BCUT2D eigenvalue weighted by atomic mass is 10.1. The van der Waals surface area contributed by atoms with Crippen LogP contribution in [0.5, 0.6) is 11.5 Å². The fourth-order valence-electron chi connectivity index (χ4n) is 4.18. The van der Waals surface area contributed by atoms with Gasteiger partial charge in [-0.05, 0) is 56.5 Å². The average molecular weight is 587 g/mol. The topological polar surface area (TPSA) is 105 Å². The number of nitrogens with zero attached hydrogens (tertiary/aromatic N) is 2. The van der Waals surface area contributed by atoms with Crippen LogP contribution in [0, 0.1) is 0 Å². The van der Waals surface area contributed by atoms with Gasteiger partial charge in [-0.1, -0.05) is 36.2 Å². The maximum atomic E-state index is 13.5. The molecule has 1 N–H and O–H groups in total. The van der Waals surface area contributed by atoms with Crippen molar-refractivity contribution in [3.05, 3.63) is 52.0 Å². The maximum Gasteiger partial charge on any atom is 0.243 e. The second kappa shape index (κ2) is 12.9. The van der Waals surface area contributed by atoms with E-state index in [0.29, 0.717) is 39.2 Å². The number of hydrogen-bond donors (Lipinski definition) is 1. The van der Waals surface area contributed by atoms with Crippen LogP contribution < -0.4 is 19.1 Å². The number of halogens is 2. The van der Waals surface area contributed by atoms with E-state index in [1.807, 2.05) is 20.8 Å². The van der Waals surface area contributed by atoms with E-state index < -0.39 is 16.1 Å². The molecule has 0 aliphatic carbocycles. The average Bonchev–Trinajstić information content (AvgIpc) is 3.29. The smallest absolute Gasteiger partial charge is 0.243 e. The number of fused-ring (bicyclic) bond motifs is 1. The summed E-state index contributed by atoms with van der Waals surface area (Å²) in [6, 6.07) is 9.05. The highest BCUT2D eigenvalue weighted by Gasteiger charge is 2.30. The van der Waals surface area contributed by atoms with E-state index in [1.165, 1.54) is 9.21 Å². The molecule has 1 aliphatic heterocycles. The van der Waals surface area contributed by atoms with Crippen molar-refractivity contribution in [1.82, 2.24) is 10.2 Å². The summed E-state index contributed by atoms with van der Waals surface area (Å²) in [4.78, 5) is 28.0. The lowest BCUT2D eigenvalue weighted by Gasteiger charge is -2.32. The molecule has 2 aromatic rings. The van der Waals surface area contributed by atoms with Crippen molar-refractivity contribution in [2.45, 2.75) is 58.7 Å². The van der Waals surface area contributed by atoms with Gasteiger partial charge in [0.25, 0.3) is 0 Å². The molecule has 38 heavy (non-hydrogen) atoms. The summed E-state index contributed by atoms with van der Waals surface area (Å²) in [5.74, 6) is 0.444. The summed E-state index contributed by atoms with van der Waals surface area (Å²) >= 11 is 12.4. The molecular formula is C26H33Cl2N3O6S. The van der Waals surface area contributed by atoms with Crippen molar-refractivity contribution in [3.63, 3.8) is 0 Å². The molecule has 12 heteroatoms. The van der Waals surface area contributed by atoms with E-state index >= 15 is 0 Å². The largest absolute Gasteiger partial charge is 0.454 e. The van der Waals surface area contributed by atoms with E-state index in [9.17, 15) is 18.0 Å². The summed E-state index contributed by atoms with van der Waals surface area (Å²) in [5.41, 5.74) is 1.06. The van der Waals surface area contributed by atoms with Gasteiger partial charge in [0, 0.05) is 41.7 Å². The van der Waals surface area contributed by atoms with Gasteiger partial charge in [0.1, 0.15) is 6.04 Å². The van der Waals surface area contributed by atoms with E-state index in [1.54, 1.807) is 36.4 Å². The van der Waals surface area contributed by atoms with Gasteiger partial charge in [-0.25, -0.2) is 8.42 Å². The molecule has 9 nitrogen and oxygen atoms in total. The van der Waals surface area contributed by atoms with Crippen LogP contribution in [0.3, 0.4) is 0 Å². The number of ether oxygens (including phenoxy) is 2. The van der Waals surface area contributed by atoms with Crippen LogP contribution in [0.25, 0.3) is 0 Å². The summed E-state index contributed by atoms with van der Waals surface area (Å²) < 4.78 is 37.1. The molecule has 1 atom stereocenters. The molecule has 0 radical (unpaired) electrons. The van der Waals surface area contributed by atoms with Crippen LogP contribution in [0.1, 0.15) is 45.6 Å². The normalized spacial score (nSPS) is 13.3. The van der Waals surface area contributed by atoms with E-state index in [-0.39, 0.29) is 50.6 Å². The molecule has 1 heterocycles. The van der Waals surface area contributed by atoms with E-state index in [0.717, 1.165) is 6.26 Å². The van der Waals surface area contributed by atoms with Gasteiger partial charge in [0.2, 0.25) is 28.6 Å². The molecule has 0 saturated heterocycles. The summed E-state index contributed by atoms with van der Waals surface area (Å²) in [7, 11) is -3.64. The minimum absolute atomic E-state index is 0.0211. The van der Waals surface area contributed by atoms with Crippen molar-refractivity contribution in [3.8, 4) is 11.5 Å². The Kier molecular flexibility index (Phi) is 10.1. The Labute approximate surface area is 234 Å². The van der Waals surface area contributed by atoms with Crippen LogP contribution in [0.15, 0.2) is 36.4 Å². The second-order valence-electron chi connectivity index (χ2n) is 9.32. The van der Waals surface area contributed by atoms with E-state index in [2.05, 4.69) is 5.32 Å². The van der Waals surface area contributed by atoms with Gasteiger partial charge in [0.15, 0.2) is 11.5 Å². The van der Waals surface area contributed by atoms with Gasteiger partial charge in [-0.2, -0.15) is 0 Å². The van der Waals surface area contributed by atoms with Crippen molar-refractivity contribution in [2.24, 2.45) is 0 Å². The first-order valence-corrected chi connectivity index (χ1v) is 14.9. The molecule has 208 valence electrons. The molecule has 1 aliphatic rings. The quantitative estimate of drug-likeness (QED) is 0.390. The predicted molar refractivity (Wildman–Crippen MR) is 148 cm³/mol. The Bertz CT molecular complexity index is 1270. The molecule has 0 fully saturated rings. The number of sulfonamides is 1. The first-order valence-electron chi connectivity index (χ1n) is 12.3. The number of carbonyl (C=O) groups excluding carboxylic acids is 2. The number of benzene rings is 2. The predicted octanol–water partition coefficient (Wildman–Crippen LogP) is 4.60. The highest BCUT2D eigenvalue weighted by Crippen LogP contribution is 2.36. The van der Waals surface area contributed by atoms with Gasteiger partial charge in [0.05, 0.1) is 11.9 Å². The van der Waals surface area contributed by atoms with E-state index in [4.69, 9.17) is 32.7 Å². The first-order chi connectivity index (χ1) is 17.9. The third-order valence-electron chi connectivity index (χ3n) is 5.97. The Morgan fingerprint density at radius 1 is 1.08 bits per heavy atom. The zero-order chi connectivity index (χ0) is 28.0. The highest BCUT2D eigenvalue weighted by atomic mass is 35.5. The number of nitrogens with one attached hydrogen (secondary N) is 1. The minimum atomic E-state index is -3.64. The Hall–Kier alpha value is -2.69. The monoisotopic (exact) mass is 585 g/mol. The third kappa shape index (κ3) is 7.68. The van der Waals surface area contributed by atoms with Crippen LogP contribution in [-0.2, 0) is 26.2 Å². The van der Waals surface area contributed by atoms with Crippen LogP contribution in [0.2, 0.25) is 10.0 Å². The lowest BCUT2D eigenvalue weighted by Crippen LogP contribution is -2.50. The molecule has 0 saturated carbocycles. The van der Waals surface area contributed by atoms with Crippen LogP contribution >= 0.6 is 23.2 Å². The van der Waals surface area contributed by atoms with Gasteiger partial charge < -0.3 is 19.7 Å². The molecule has 0 unspecified atom stereocenters. The van der Waals surface area contributed by atoms with Crippen LogP contribution in [-0.4, -0.2) is 56.8 Å². The van der Waals surface area contributed by atoms with Crippen LogP contribution in [0.4, 0.5) is 5.69 Å². The Morgan fingerprint density at radius 3 is 2.42 bits per heavy atom. The molecule has 3 rings (SSSR count). The number of rotatable bonds is 12. The summed E-state index contributed by atoms with van der Waals surface area (Å²) in [5, 5.41) is 3.73. The molecule has 0 spiro atoms. The molecular weight excluding hydrogens is 553 g/mol. The molecule has 0 bridgehead atoms. The van der Waals surface area contributed by atoms with Crippen molar-refractivity contribution >= 4 is 50.7 Å². The fraction of sp³-hybridized carbons (Fsp3) is 0.462. The minimum Gasteiger partial charge on any atom is -0.454 e. The van der Waals surface area contributed by atoms with Crippen molar-refractivity contribution < 1.29 is 27.5 Å². The Balaban J connectivity index is 1.79. The van der Waals surface area contributed by atoms with Gasteiger partial charge in [-0.3, -0.25) is 13.9 Å². The zero-order valence-corrected chi connectivity index (χ0v) is 24.2. The Morgan fingerprint density at radius 2 is 1.79 bits per heavy atom. The van der Waals surface area contributed by atoms with Gasteiger partial charge in [-0.15, -0.1) is 0 Å². The zero-order valence-electron chi connectivity index (χ0n) is 21.9. The molecule has 0 aromatic heterocycles. The van der Waals surface area contributed by atoms with Gasteiger partial charge >= 0.3 is 0 Å². The first kappa shape index (κ1) is 29.9. The summed E-state index contributed by atoms with van der Waals surface area (Å²) in [6.45, 7) is 5.78. The third-order valence-corrected chi connectivity index (χ3v) is 7.75. The fourth-order valence-corrected chi connectivity index (χ4v) is 5.60. The number of carbonyl (C=O) groups is 2.